The number of carbonyl (C=O) groups excluding carboxylic acids is 1. The lowest BCUT2D eigenvalue weighted by atomic mass is 10.1. The highest BCUT2D eigenvalue weighted by molar-refractivity contribution is 5.78. The van der Waals surface area contributed by atoms with Crippen LogP contribution < -0.4 is 0 Å². The minimum absolute atomic E-state index is 0.0850. The minimum Gasteiger partial charge on any atom is -0.353 e. The average Bonchev–Trinajstić information content (AvgIpc) is 2.78. The Balaban J connectivity index is 1.73. The van der Waals surface area contributed by atoms with Gasteiger partial charge < -0.3 is 14.4 Å². The van der Waals surface area contributed by atoms with Gasteiger partial charge in [0, 0.05) is 58.3 Å². The molecule has 2 aliphatic rings. The van der Waals surface area contributed by atoms with Gasteiger partial charge in [-0.3, -0.25) is 9.69 Å². The van der Waals surface area contributed by atoms with Gasteiger partial charge in [-0.25, -0.2) is 0 Å². The highest BCUT2D eigenvalue weighted by atomic mass is 16.7. The molecule has 19 heavy (non-hydrogen) atoms. The molecule has 5 heteroatoms. The fraction of sp³-hybridized carbons (Fsp3) is 0.929. The van der Waals surface area contributed by atoms with E-state index < -0.39 is 0 Å². The fourth-order valence-electron chi connectivity index (χ4n) is 3.01. The summed E-state index contributed by atoms with van der Waals surface area (Å²) in [5, 5.41) is 0. The van der Waals surface area contributed by atoms with Crippen molar-refractivity contribution >= 4 is 5.91 Å². The van der Waals surface area contributed by atoms with Gasteiger partial charge in [0.1, 0.15) is 0 Å². The Morgan fingerprint density at radius 1 is 1.26 bits per heavy atom. The Morgan fingerprint density at radius 2 is 2.00 bits per heavy atom. The van der Waals surface area contributed by atoms with E-state index in [9.17, 15) is 4.79 Å². The Bertz CT molecular complexity index is 292. The molecule has 0 aromatic carbocycles. The van der Waals surface area contributed by atoms with Crippen molar-refractivity contribution in [2.24, 2.45) is 0 Å². The summed E-state index contributed by atoms with van der Waals surface area (Å²) in [5.74, 6) is 0.339. The third-order valence-corrected chi connectivity index (χ3v) is 3.96. The molecule has 2 saturated heterocycles. The largest absolute Gasteiger partial charge is 0.353 e. The molecule has 0 aromatic heterocycles. The second-order valence-corrected chi connectivity index (χ2v) is 5.21. The normalized spacial score (nSPS) is 24.3. The molecule has 2 aliphatic heterocycles. The predicted molar refractivity (Wildman–Crippen MR) is 72.8 cm³/mol. The number of fused-ring (bicyclic) bond motifs is 1. The van der Waals surface area contributed by atoms with Crippen LogP contribution in [-0.2, 0) is 14.3 Å². The summed E-state index contributed by atoms with van der Waals surface area (Å²) in [5.41, 5.74) is 0. The molecule has 0 aromatic rings. The van der Waals surface area contributed by atoms with Gasteiger partial charge in [0.2, 0.25) is 5.91 Å². The van der Waals surface area contributed by atoms with E-state index in [0.29, 0.717) is 25.2 Å². The monoisotopic (exact) mass is 270 g/mol. The number of hydrogen-bond acceptors (Lipinski definition) is 4. The molecule has 0 spiro atoms. The maximum atomic E-state index is 11.6. The Kier molecular flexibility index (Phi) is 5.60. The van der Waals surface area contributed by atoms with E-state index in [4.69, 9.17) is 9.47 Å². The van der Waals surface area contributed by atoms with Crippen LogP contribution in [0.4, 0.5) is 0 Å². The predicted octanol–water partition coefficient (Wildman–Crippen LogP) is 1.08. The van der Waals surface area contributed by atoms with E-state index in [1.165, 1.54) is 0 Å². The molecule has 0 bridgehead atoms. The number of piperazine rings is 1. The van der Waals surface area contributed by atoms with E-state index in [2.05, 4.69) is 9.80 Å². The van der Waals surface area contributed by atoms with Crippen LogP contribution in [0, 0.1) is 0 Å². The molecule has 0 radical (unpaired) electrons. The topological polar surface area (TPSA) is 42.0 Å². The van der Waals surface area contributed by atoms with Gasteiger partial charge in [0.25, 0.3) is 0 Å². The first-order chi connectivity index (χ1) is 9.24. The standard InChI is InChI=1S/C14H26N2O3/c1-3-18-14(19-4-2)7-8-15-9-10-16-12(11-15)5-6-13(16)17/h12,14H,3-11H2,1-2H3. The highest BCUT2D eigenvalue weighted by Crippen LogP contribution is 2.23. The zero-order chi connectivity index (χ0) is 13.7. The minimum atomic E-state index is -0.0850. The summed E-state index contributed by atoms with van der Waals surface area (Å²) >= 11 is 0. The lowest BCUT2D eigenvalue weighted by molar-refractivity contribution is -0.143. The second-order valence-electron chi connectivity index (χ2n) is 5.21. The summed E-state index contributed by atoms with van der Waals surface area (Å²) in [6, 6.07) is 0.443. The summed E-state index contributed by atoms with van der Waals surface area (Å²) in [4.78, 5) is 16.1. The van der Waals surface area contributed by atoms with Gasteiger partial charge in [-0.15, -0.1) is 0 Å². The van der Waals surface area contributed by atoms with E-state index >= 15 is 0 Å². The summed E-state index contributed by atoms with van der Waals surface area (Å²) < 4.78 is 11.1. The number of hydrogen-bond donors (Lipinski definition) is 0. The van der Waals surface area contributed by atoms with E-state index in [1.54, 1.807) is 0 Å². The van der Waals surface area contributed by atoms with Crippen molar-refractivity contribution in [2.45, 2.75) is 45.4 Å². The van der Waals surface area contributed by atoms with Crippen molar-refractivity contribution in [1.82, 2.24) is 9.80 Å². The average molecular weight is 270 g/mol. The molecule has 1 atom stereocenters. The maximum absolute atomic E-state index is 11.6. The van der Waals surface area contributed by atoms with Crippen LogP contribution in [0.3, 0.4) is 0 Å². The molecule has 110 valence electrons. The van der Waals surface area contributed by atoms with Crippen molar-refractivity contribution in [3.63, 3.8) is 0 Å². The molecular weight excluding hydrogens is 244 g/mol. The van der Waals surface area contributed by atoms with Gasteiger partial charge in [0.15, 0.2) is 6.29 Å². The number of amides is 1. The molecule has 2 rings (SSSR count). The van der Waals surface area contributed by atoms with Crippen molar-refractivity contribution in [3.05, 3.63) is 0 Å². The van der Waals surface area contributed by atoms with Gasteiger partial charge in [-0.1, -0.05) is 0 Å². The van der Waals surface area contributed by atoms with Crippen LogP contribution in [0.5, 0.6) is 0 Å². The van der Waals surface area contributed by atoms with E-state index in [1.807, 2.05) is 13.8 Å². The van der Waals surface area contributed by atoms with Crippen LogP contribution in [0.15, 0.2) is 0 Å². The third-order valence-electron chi connectivity index (χ3n) is 3.96. The second kappa shape index (κ2) is 7.22. The zero-order valence-corrected chi connectivity index (χ0v) is 12.1. The van der Waals surface area contributed by atoms with Gasteiger partial charge in [0.05, 0.1) is 0 Å². The summed E-state index contributed by atoms with van der Waals surface area (Å²) in [6.45, 7) is 9.24. The number of ether oxygens (including phenoxy) is 2. The third kappa shape index (κ3) is 3.91. The van der Waals surface area contributed by atoms with E-state index in [-0.39, 0.29) is 6.29 Å². The summed E-state index contributed by atoms with van der Waals surface area (Å²) in [6.07, 6.45) is 2.58. The molecule has 2 fully saturated rings. The Morgan fingerprint density at radius 3 is 2.68 bits per heavy atom. The van der Waals surface area contributed by atoms with Crippen LogP contribution in [-0.4, -0.2) is 67.4 Å². The van der Waals surface area contributed by atoms with Crippen LogP contribution in [0.25, 0.3) is 0 Å². The van der Waals surface area contributed by atoms with Crippen LogP contribution in [0.2, 0.25) is 0 Å². The van der Waals surface area contributed by atoms with Gasteiger partial charge in [-0.05, 0) is 20.3 Å². The first-order valence-electron chi connectivity index (χ1n) is 7.49. The summed E-state index contributed by atoms with van der Waals surface area (Å²) in [7, 11) is 0. The van der Waals surface area contributed by atoms with E-state index in [0.717, 1.165) is 45.4 Å². The quantitative estimate of drug-likeness (QED) is 0.649. The number of rotatable bonds is 7. The Hall–Kier alpha value is -0.650. The number of nitrogens with zero attached hydrogens (tertiary/aromatic N) is 2. The highest BCUT2D eigenvalue weighted by Gasteiger charge is 2.35. The molecule has 0 N–H and O–H groups in total. The molecule has 1 amide bonds. The lowest BCUT2D eigenvalue weighted by Crippen LogP contribution is -2.51. The molecular formula is C14H26N2O3. The SMILES string of the molecule is CCOC(CCN1CCN2C(=O)CCC2C1)OCC. The first-order valence-corrected chi connectivity index (χ1v) is 7.49. The Labute approximate surface area is 115 Å². The van der Waals surface area contributed by atoms with Crippen LogP contribution >= 0.6 is 0 Å². The smallest absolute Gasteiger partial charge is 0.222 e. The fourth-order valence-corrected chi connectivity index (χ4v) is 3.01. The molecule has 1 unspecified atom stereocenters. The number of carbonyl (C=O) groups is 1. The molecule has 0 aliphatic carbocycles. The van der Waals surface area contributed by atoms with Crippen molar-refractivity contribution in [1.29, 1.82) is 0 Å². The maximum Gasteiger partial charge on any atom is 0.222 e. The molecule has 2 heterocycles. The van der Waals surface area contributed by atoms with Crippen LogP contribution in [0.1, 0.15) is 33.1 Å². The van der Waals surface area contributed by atoms with Gasteiger partial charge >= 0.3 is 0 Å². The van der Waals surface area contributed by atoms with Crippen molar-refractivity contribution in [3.8, 4) is 0 Å². The lowest BCUT2D eigenvalue weighted by Gasteiger charge is -2.38. The molecule has 5 nitrogen and oxygen atoms in total. The van der Waals surface area contributed by atoms with Crippen molar-refractivity contribution in [2.75, 3.05) is 39.4 Å². The molecule has 0 saturated carbocycles. The van der Waals surface area contributed by atoms with Gasteiger partial charge in [-0.2, -0.15) is 0 Å². The first kappa shape index (κ1) is 14.8. The van der Waals surface area contributed by atoms with Crippen molar-refractivity contribution < 1.29 is 14.3 Å². The zero-order valence-electron chi connectivity index (χ0n) is 12.1.